The maximum atomic E-state index is 6.27. The van der Waals surface area contributed by atoms with Crippen molar-refractivity contribution in [1.29, 1.82) is 0 Å². The molecule has 2 N–H and O–H groups in total. The first kappa shape index (κ1) is 14.4. The highest BCUT2D eigenvalue weighted by molar-refractivity contribution is 9.10. The van der Waals surface area contributed by atoms with Crippen LogP contribution in [0.2, 0.25) is 0 Å². The third-order valence-corrected chi connectivity index (χ3v) is 5.48. The fraction of sp³-hybridized carbons (Fsp3) is 0.188. The topological polar surface area (TPSA) is 43.8 Å². The number of hydrogen-bond donors (Lipinski definition) is 1. The molecule has 108 valence electrons. The van der Waals surface area contributed by atoms with Gasteiger partial charge in [0.1, 0.15) is 11.5 Å². The summed E-state index contributed by atoms with van der Waals surface area (Å²) in [5.41, 5.74) is 10.6. The number of halogens is 1. The van der Waals surface area contributed by atoms with E-state index in [1.807, 2.05) is 25.2 Å². The Bertz CT molecular complexity index is 798. The van der Waals surface area contributed by atoms with E-state index in [-0.39, 0.29) is 0 Å². The van der Waals surface area contributed by atoms with Crippen molar-refractivity contribution in [1.82, 2.24) is 9.78 Å². The van der Waals surface area contributed by atoms with Crippen LogP contribution in [0.5, 0.6) is 0 Å². The number of hydrogen-bond acceptors (Lipinski definition) is 3. The quantitative estimate of drug-likeness (QED) is 0.713. The summed E-state index contributed by atoms with van der Waals surface area (Å²) >= 11 is 5.37. The third kappa shape index (κ3) is 2.40. The molecular weight excluding hydrogens is 346 g/mol. The molecule has 2 heterocycles. The van der Waals surface area contributed by atoms with Crippen LogP contribution in [0.3, 0.4) is 0 Å². The number of anilines is 1. The van der Waals surface area contributed by atoms with Crippen LogP contribution in [0.1, 0.15) is 10.4 Å². The zero-order valence-electron chi connectivity index (χ0n) is 12.1. The van der Waals surface area contributed by atoms with Crippen LogP contribution >= 0.6 is 27.3 Å². The lowest BCUT2D eigenvalue weighted by atomic mass is 10.0. The summed E-state index contributed by atoms with van der Waals surface area (Å²) in [6.07, 6.45) is 0. The van der Waals surface area contributed by atoms with Gasteiger partial charge in [-0.05, 0) is 31.5 Å². The standard InChI is InChI=1S/C16H16BrN3S/c1-9-8-13(21-10(9)2)15-14(16(18)20(3)19-15)11-6-4-5-7-12(11)17/h4-8H,18H2,1-3H3. The molecule has 1 aromatic carbocycles. The Morgan fingerprint density at radius 1 is 1.24 bits per heavy atom. The number of nitrogens with two attached hydrogens (primary N) is 1. The molecule has 0 unspecified atom stereocenters. The number of aryl methyl sites for hydroxylation is 3. The Morgan fingerprint density at radius 3 is 2.57 bits per heavy atom. The third-order valence-electron chi connectivity index (χ3n) is 3.63. The van der Waals surface area contributed by atoms with Gasteiger partial charge in [0.25, 0.3) is 0 Å². The van der Waals surface area contributed by atoms with Crippen molar-refractivity contribution in [2.75, 3.05) is 5.73 Å². The van der Waals surface area contributed by atoms with Crippen molar-refractivity contribution in [3.63, 3.8) is 0 Å². The minimum absolute atomic E-state index is 0.681. The number of thiophene rings is 1. The van der Waals surface area contributed by atoms with E-state index in [2.05, 4.69) is 47.0 Å². The molecule has 0 aliphatic carbocycles. The molecule has 0 spiro atoms. The van der Waals surface area contributed by atoms with Crippen molar-refractivity contribution < 1.29 is 0 Å². The summed E-state index contributed by atoms with van der Waals surface area (Å²) in [7, 11) is 1.88. The van der Waals surface area contributed by atoms with Crippen molar-refractivity contribution in [2.45, 2.75) is 13.8 Å². The van der Waals surface area contributed by atoms with Crippen molar-refractivity contribution in [3.8, 4) is 21.7 Å². The van der Waals surface area contributed by atoms with E-state index in [1.54, 1.807) is 16.0 Å². The molecule has 0 saturated carbocycles. The minimum Gasteiger partial charge on any atom is -0.383 e. The van der Waals surface area contributed by atoms with Gasteiger partial charge in [0.05, 0.1) is 10.4 Å². The van der Waals surface area contributed by atoms with Crippen LogP contribution in [0.15, 0.2) is 34.8 Å². The van der Waals surface area contributed by atoms with E-state index < -0.39 is 0 Å². The highest BCUT2D eigenvalue weighted by Crippen LogP contribution is 2.42. The molecule has 0 aliphatic heterocycles. The summed E-state index contributed by atoms with van der Waals surface area (Å²) in [5, 5.41) is 4.63. The van der Waals surface area contributed by atoms with Crippen LogP contribution in [-0.4, -0.2) is 9.78 Å². The molecule has 5 heteroatoms. The summed E-state index contributed by atoms with van der Waals surface area (Å²) < 4.78 is 2.77. The Morgan fingerprint density at radius 2 is 1.95 bits per heavy atom. The van der Waals surface area contributed by atoms with Crippen molar-refractivity contribution >= 4 is 33.1 Å². The van der Waals surface area contributed by atoms with E-state index in [1.165, 1.54) is 10.4 Å². The zero-order chi connectivity index (χ0) is 15.1. The highest BCUT2D eigenvalue weighted by Gasteiger charge is 2.20. The molecule has 2 aromatic heterocycles. The first-order chi connectivity index (χ1) is 9.99. The normalized spacial score (nSPS) is 11.0. The Kier molecular flexibility index (Phi) is 3.63. The van der Waals surface area contributed by atoms with Crippen LogP contribution in [0, 0.1) is 13.8 Å². The fourth-order valence-electron chi connectivity index (χ4n) is 2.33. The molecule has 0 bridgehead atoms. The van der Waals surface area contributed by atoms with Crippen molar-refractivity contribution in [3.05, 3.63) is 45.2 Å². The predicted octanol–water partition coefficient (Wildman–Crippen LogP) is 4.78. The molecule has 0 saturated heterocycles. The number of aromatic nitrogens is 2. The smallest absolute Gasteiger partial charge is 0.129 e. The summed E-state index contributed by atoms with van der Waals surface area (Å²) in [5.74, 6) is 0.681. The van der Waals surface area contributed by atoms with Crippen LogP contribution in [-0.2, 0) is 7.05 Å². The molecule has 0 amide bonds. The second-order valence-electron chi connectivity index (χ2n) is 5.06. The molecule has 0 atom stereocenters. The monoisotopic (exact) mass is 361 g/mol. The first-order valence-corrected chi connectivity index (χ1v) is 8.24. The van der Waals surface area contributed by atoms with E-state index >= 15 is 0 Å². The highest BCUT2D eigenvalue weighted by atomic mass is 79.9. The summed E-state index contributed by atoms with van der Waals surface area (Å²) in [4.78, 5) is 2.47. The Balaban J connectivity index is 2.28. The van der Waals surface area contributed by atoms with Gasteiger partial charge < -0.3 is 5.73 Å². The van der Waals surface area contributed by atoms with Gasteiger partial charge >= 0.3 is 0 Å². The summed E-state index contributed by atoms with van der Waals surface area (Å²) in [6.45, 7) is 4.26. The van der Waals surface area contributed by atoms with E-state index in [9.17, 15) is 0 Å². The van der Waals surface area contributed by atoms with Gasteiger partial charge in [-0.1, -0.05) is 34.1 Å². The van der Waals surface area contributed by atoms with E-state index in [4.69, 9.17) is 5.73 Å². The Labute approximate surface area is 136 Å². The molecular formula is C16H16BrN3S. The number of nitrogen functional groups attached to an aromatic ring is 1. The van der Waals surface area contributed by atoms with Crippen LogP contribution < -0.4 is 5.73 Å². The maximum Gasteiger partial charge on any atom is 0.129 e. The van der Waals surface area contributed by atoms with Gasteiger partial charge in [-0.25, -0.2) is 0 Å². The van der Waals surface area contributed by atoms with E-state index in [0.717, 1.165) is 26.2 Å². The van der Waals surface area contributed by atoms with Crippen molar-refractivity contribution in [2.24, 2.45) is 7.05 Å². The van der Waals surface area contributed by atoms with Crippen LogP contribution in [0.4, 0.5) is 5.82 Å². The number of rotatable bonds is 2. The molecule has 0 aliphatic rings. The lowest BCUT2D eigenvalue weighted by Crippen LogP contribution is -1.98. The van der Waals surface area contributed by atoms with Gasteiger partial charge in [-0.3, -0.25) is 4.68 Å². The van der Waals surface area contributed by atoms with Gasteiger partial charge in [-0.2, -0.15) is 5.10 Å². The second kappa shape index (κ2) is 5.31. The predicted molar refractivity (Wildman–Crippen MR) is 93.5 cm³/mol. The lowest BCUT2D eigenvalue weighted by molar-refractivity contribution is 0.783. The number of nitrogens with zero attached hydrogens (tertiary/aromatic N) is 2. The van der Waals surface area contributed by atoms with Gasteiger partial charge in [0.2, 0.25) is 0 Å². The molecule has 3 rings (SSSR count). The summed E-state index contributed by atoms with van der Waals surface area (Å²) in [6, 6.07) is 10.3. The molecule has 0 radical (unpaired) electrons. The van der Waals surface area contributed by atoms with Gasteiger partial charge in [0, 0.05) is 22.0 Å². The van der Waals surface area contributed by atoms with Crippen LogP contribution in [0.25, 0.3) is 21.7 Å². The minimum atomic E-state index is 0.681. The average Bonchev–Trinajstić information content (AvgIpc) is 2.93. The molecule has 0 fully saturated rings. The second-order valence-corrected chi connectivity index (χ2v) is 7.17. The fourth-order valence-corrected chi connectivity index (χ4v) is 3.84. The maximum absolute atomic E-state index is 6.27. The Hall–Kier alpha value is -1.59. The molecule has 3 nitrogen and oxygen atoms in total. The largest absolute Gasteiger partial charge is 0.383 e. The number of benzene rings is 1. The lowest BCUT2D eigenvalue weighted by Gasteiger charge is -2.05. The van der Waals surface area contributed by atoms with Gasteiger partial charge in [-0.15, -0.1) is 11.3 Å². The zero-order valence-corrected chi connectivity index (χ0v) is 14.5. The van der Waals surface area contributed by atoms with Gasteiger partial charge in [0.15, 0.2) is 0 Å². The molecule has 21 heavy (non-hydrogen) atoms. The average molecular weight is 362 g/mol. The van der Waals surface area contributed by atoms with E-state index in [0.29, 0.717) is 5.82 Å². The SMILES string of the molecule is Cc1cc(-c2nn(C)c(N)c2-c2ccccc2Br)sc1C. The molecule has 3 aromatic rings. The first-order valence-electron chi connectivity index (χ1n) is 6.64.